The molecule has 0 radical (unpaired) electrons. The maximum absolute atomic E-state index is 5.69. The van der Waals surface area contributed by atoms with Crippen LogP contribution >= 0.6 is 11.3 Å². The van der Waals surface area contributed by atoms with Crippen molar-refractivity contribution in [2.24, 2.45) is 5.92 Å². The fourth-order valence-electron chi connectivity index (χ4n) is 2.20. The van der Waals surface area contributed by atoms with Gasteiger partial charge in [0.25, 0.3) is 0 Å². The van der Waals surface area contributed by atoms with E-state index >= 15 is 0 Å². The third-order valence-corrected chi connectivity index (χ3v) is 3.86. The monoisotopic (exact) mass is 234 g/mol. The van der Waals surface area contributed by atoms with Crippen LogP contribution in [0.2, 0.25) is 0 Å². The molecule has 5 heteroatoms. The molecule has 0 aromatic carbocycles. The summed E-state index contributed by atoms with van der Waals surface area (Å²) in [7, 11) is 0. The van der Waals surface area contributed by atoms with Crippen LogP contribution < -0.4 is 11.1 Å². The summed E-state index contributed by atoms with van der Waals surface area (Å²) in [5.74, 6) is 2.07. The Labute approximate surface area is 97.9 Å². The van der Waals surface area contributed by atoms with Crippen molar-refractivity contribution in [1.82, 2.24) is 9.97 Å². The number of thiophene rings is 1. The van der Waals surface area contributed by atoms with Crippen molar-refractivity contribution >= 4 is 33.3 Å². The third kappa shape index (κ3) is 1.61. The number of hydrogen-bond donors (Lipinski definition) is 2. The first-order valence-electron chi connectivity index (χ1n) is 5.49. The van der Waals surface area contributed by atoms with Gasteiger partial charge in [-0.25, -0.2) is 4.98 Å². The Balaban J connectivity index is 1.92. The van der Waals surface area contributed by atoms with Crippen LogP contribution in [0, 0.1) is 5.92 Å². The molecule has 3 rings (SSSR count). The number of nitrogens with one attached hydrogen (secondary N) is 1. The topological polar surface area (TPSA) is 63.8 Å². The number of nitrogen functional groups attached to an aromatic ring is 1. The first-order chi connectivity index (χ1) is 7.72. The molecule has 0 bridgehead atoms. The fourth-order valence-corrected chi connectivity index (χ4v) is 2.97. The quantitative estimate of drug-likeness (QED) is 0.838. The molecule has 2 heterocycles. The van der Waals surface area contributed by atoms with E-state index < -0.39 is 0 Å². The van der Waals surface area contributed by atoms with Gasteiger partial charge in [-0.05, 0) is 30.2 Å². The maximum atomic E-state index is 5.69. The zero-order valence-electron chi connectivity index (χ0n) is 9.10. The van der Waals surface area contributed by atoms with Gasteiger partial charge < -0.3 is 11.1 Å². The van der Waals surface area contributed by atoms with Crippen LogP contribution in [0.25, 0.3) is 10.2 Å². The molecule has 1 saturated carbocycles. The molecule has 0 unspecified atom stereocenters. The van der Waals surface area contributed by atoms with Crippen molar-refractivity contribution in [3.63, 3.8) is 0 Å². The van der Waals surface area contributed by atoms with Gasteiger partial charge in [0.15, 0.2) is 0 Å². The molecule has 0 atom stereocenters. The highest BCUT2D eigenvalue weighted by Gasteiger charge is 2.26. The Hall–Kier alpha value is -1.36. The predicted octanol–water partition coefficient (Wildman–Crippen LogP) is 2.48. The molecular formula is C11H14N4S. The minimum Gasteiger partial charge on any atom is -0.368 e. The molecule has 2 aromatic rings. The average Bonchev–Trinajstić information content (AvgIpc) is 2.62. The first-order valence-corrected chi connectivity index (χ1v) is 6.37. The number of anilines is 2. The number of nitrogens with zero attached hydrogens (tertiary/aromatic N) is 2. The number of hydrogen-bond acceptors (Lipinski definition) is 5. The van der Waals surface area contributed by atoms with Crippen molar-refractivity contribution in [3.8, 4) is 0 Å². The van der Waals surface area contributed by atoms with Crippen molar-refractivity contribution in [3.05, 3.63) is 11.4 Å². The van der Waals surface area contributed by atoms with E-state index in [9.17, 15) is 0 Å². The highest BCUT2D eigenvalue weighted by atomic mass is 32.1. The van der Waals surface area contributed by atoms with E-state index in [0.717, 1.165) is 22.0 Å². The summed E-state index contributed by atoms with van der Waals surface area (Å²) >= 11 is 1.60. The lowest BCUT2D eigenvalue weighted by Gasteiger charge is -2.33. The second-order valence-corrected chi connectivity index (χ2v) is 5.38. The summed E-state index contributed by atoms with van der Waals surface area (Å²) in [4.78, 5) is 9.45. The zero-order chi connectivity index (χ0) is 11.1. The lowest BCUT2D eigenvalue weighted by molar-refractivity contribution is 0.309. The molecule has 0 spiro atoms. The normalized spacial score (nSPS) is 24.3. The molecule has 2 aromatic heterocycles. The number of aromatic nitrogens is 2. The summed E-state index contributed by atoms with van der Waals surface area (Å²) < 4.78 is 0. The number of rotatable bonds is 2. The van der Waals surface area contributed by atoms with Gasteiger partial charge >= 0.3 is 0 Å². The summed E-state index contributed by atoms with van der Waals surface area (Å²) in [6, 6.07) is 2.59. The van der Waals surface area contributed by atoms with E-state index in [-0.39, 0.29) is 0 Å². The van der Waals surface area contributed by atoms with Gasteiger partial charge in [-0.2, -0.15) is 4.98 Å². The molecule has 4 nitrogen and oxygen atoms in total. The maximum Gasteiger partial charge on any atom is 0.223 e. The second-order valence-electron chi connectivity index (χ2n) is 4.49. The van der Waals surface area contributed by atoms with Crippen LogP contribution in [0.1, 0.15) is 19.8 Å². The largest absolute Gasteiger partial charge is 0.368 e. The highest BCUT2D eigenvalue weighted by Crippen LogP contribution is 2.32. The lowest BCUT2D eigenvalue weighted by atomic mass is 9.82. The highest BCUT2D eigenvalue weighted by molar-refractivity contribution is 7.16. The Morgan fingerprint density at radius 1 is 1.44 bits per heavy atom. The van der Waals surface area contributed by atoms with Gasteiger partial charge in [0.2, 0.25) is 5.95 Å². The second kappa shape index (κ2) is 3.59. The van der Waals surface area contributed by atoms with Gasteiger partial charge in [-0.3, -0.25) is 0 Å². The summed E-state index contributed by atoms with van der Waals surface area (Å²) in [5.41, 5.74) is 5.69. The van der Waals surface area contributed by atoms with Gasteiger partial charge in [-0.15, -0.1) is 11.3 Å². The van der Waals surface area contributed by atoms with Crippen LogP contribution in [0.5, 0.6) is 0 Å². The van der Waals surface area contributed by atoms with Crippen molar-refractivity contribution in [2.75, 3.05) is 11.1 Å². The predicted molar refractivity (Wildman–Crippen MR) is 67.6 cm³/mol. The molecule has 1 aliphatic rings. The molecular weight excluding hydrogens is 220 g/mol. The Morgan fingerprint density at radius 3 is 3.00 bits per heavy atom. The SMILES string of the molecule is CC1CC(Nc2nc(N)nc3sccc23)C1. The van der Waals surface area contributed by atoms with Crippen LogP contribution in [-0.2, 0) is 0 Å². The fraction of sp³-hybridized carbons (Fsp3) is 0.455. The van der Waals surface area contributed by atoms with Crippen molar-refractivity contribution in [1.29, 1.82) is 0 Å². The molecule has 16 heavy (non-hydrogen) atoms. The molecule has 0 amide bonds. The van der Waals surface area contributed by atoms with Gasteiger partial charge in [-0.1, -0.05) is 6.92 Å². The van der Waals surface area contributed by atoms with Crippen LogP contribution in [0.15, 0.2) is 11.4 Å². The van der Waals surface area contributed by atoms with Crippen molar-refractivity contribution in [2.45, 2.75) is 25.8 Å². The van der Waals surface area contributed by atoms with Crippen LogP contribution in [0.3, 0.4) is 0 Å². The van der Waals surface area contributed by atoms with Gasteiger partial charge in [0.1, 0.15) is 10.6 Å². The molecule has 3 N–H and O–H groups in total. The number of fused-ring (bicyclic) bond motifs is 1. The van der Waals surface area contributed by atoms with Crippen molar-refractivity contribution < 1.29 is 0 Å². The number of nitrogens with two attached hydrogens (primary N) is 1. The van der Waals surface area contributed by atoms with E-state index in [1.807, 2.05) is 11.4 Å². The van der Waals surface area contributed by atoms with E-state index in [4.69, 9.17) is 5.73 Å². The lowest BCUT2D eigenvalue weighted by Crippen LogP contribution is -2.34. The average molecular weight is 234 g/mol. The molecule has 1 aliphatic carbocycles. The molecule has 84 valence electrons. The van der Waals surface area contributed by atoms with E-state index in [1.165, 1.54) is 12.8 Å². The zero-order valence-corrected chi connectivity index (χ0v) is 9.92. The van der Waals surface area contributed by atoms with E-state index in [2.05, 4.69) is 22.2 Å². The standard InChI is InChI=1S/C11H14N4S/c1-6-4-7(5-6)13-9-8-2-3-16-10(8)15-11(12)14-9/h2-3,6-7H,4-5H2,1H3,(H3,12,13,14,15). The summed E-state index contributed by atoms with van der Waals surface area (Å²) in [6.45, 7) is 2.27. The summed E-state index contributed by atoms with van der Waals surface area (Å²) in [6.07, 6.45) is 2.44. The Bertz CT molecular complexity index is 516. The first kappa shape index (κ1) is 9.84. The minimum atomic E-state index is 0.352. The van der Waals surface area contributed by atoms with Crippen LogP contribution in [-0.4, -0.2) is 16.0 Å². The van der Waals surface area contributed by atoms with E-state index in [0.29, 0.717) is 12.0 Å². The van der Waals surface area contributed by atoms with Crippen LogP contribution in [0.4, 0.5) is 11.8 Å². The Morgan fingerprint density at radius 2 is 2.25 bits per heavy atom. The Kier molecular flexibility index (Phi) is 2.21. The molecule has 0 aliphatic heterocycles. The smallest absolute Gasteiger partial charge is 0.223 e. The van der Waals surface area contributed by atoms with E-state index in [1.54, 1.807) is 11.3 Å². The summed E-state index contributed by atoms with van der Waals surface area (Å²) in [5, 5.41) is 6.56. The molecule has 0 saturated heterocycles. The van der Waals surface area contributed by atoms with Gasteiger partial charge in [0.05, 0.1) is 5.39 Å². The van der Waals surface area contributed by atoms with Gasteiger partial charge in [0, 0.05) is 6.04 Å². The third-order valence-electron chi connectivity index (χ3n) is 3.06. The molecule has 1 fully saturated rings. The minimum absolute atomic E-state index is 0.352.